The van der Waals surface area contributed by atoms with Gasteiger partial charge in [-0.1, -0.05) is 13.8 Å². The van der Waals surface area contributed by atoms with E-state index >= 15 is 0 Å². The van der Waals surface area contributed by atoms with Gasteiger partial charge in [0, 0.05) is 12.1 Å². The van der Waals surface area contributed by atoms with Crippen LogP contribution in [0.3, 0.4) is 0 Å². The molecule has 1 aromatic carbocycles. The van der Waals surface area contributed by atoms with Gasteiger partial charge in [-0.3, -0.25) is 4.90 Å². The zero-order chi connectivity index (χ0) is 11.7. The molecule has 0 spiro atoms. The normalized spacial score (nSPS) is 16.6. The number of rotatable bonds is 3. The summed E-state index contributed by atoms with van der Waals surface area (Å²) in [5.41, 5.74) is 0.937. The monoisotopic (exact) mass is 225 g/mol. The van der Waals surface area contributed by atoms with Gasteiger partial charge in [0.25, 0.3) is 0 Å². The average molecular weight is 225 g/mol. The Labute approximate surface area is 95.1 Å². The number of halogens is 2. The van der Waals surface area contributed by atoms with Crippen LogP contribution in [0.4, 0.5) is 8.78 Å². The third kappa shape index (κ3) is 2.24. The van der Waals surface area contributed by atoms with E-state index in [9.17, 15) is 8.78 Å². The first-order chi connectivity index (χ1) is 7.58. The predicted molar refractivity (Wildman–Crippen MR) is 60.3 cm³/mol. The first-order valence-electron chi connectivity index (χ1n) is 5.78. The number of nitrogens with zero attached hydrogens (tertiary/aromatic N) is 1. The largest absolute Gasteiger partial charge is 0.299 e. The fourth-order valence-corrected chi connectivity index (χ4v) is 2.08. The highest BCUT2D eigenvalue weighted by Gasteiger charge is 2.18. The first-order valence-corrected chi connectivity index (χ1v) is 5.78. The van der Waals surface area contributed by atoms with Gasteiger partial charge in [-0.05, 0) is 43.1 Å². The molecule has 0 bridgehead atoms. The fraction of sp³-hybridized carbons (Fsp3) is 0.538. The van der Waals surface area contributed by atoms with Crippen LogP contribution in [0.5, 0.6) is 0 Å². The van der Waals surface area contributed by atoms with Gasteiger partial charge in [0.05, 0.1) is 0 Å². The fourth-order valence-electron chi connectivity index (χ4n) is 2.08. The van der Waals surface area contributed by atoms with Crippen molar-refractivity contribution >= 4 is 0 Å². The molecule has 1 aromatic rings. The molecule has 3 heteroatoms. The molecule has 0 aromatic heterocycles. The van der Waals surface area contributed by atoms with E-state index in [1.165, 1.54) is 18.6 Å². The second-order valence-electron chi connectivity index (χ2n) is 4.76. The van der Waals surface area contributed by atoms with Gasteiger partial charge in [-0.2, -0.15) is 0 Å². The minimum absolute atomic E-state index is 0.113. The maximum absolute atomic E-state index is 13.7. The number of benzene rings is 1. The van der Waals surface area contributed by atoms with Crippen molar-refractivity contribution in [2.45, 2.75) is 32.7 Å². The highest BCUT2D eigenvalue weighted by molar-refractivity contribution is 5.28. The lowest BCUT2D eigenvalue weighted by atomic mass is 9.99. The molecular formula is C13H17F2N. The van der Waals surface area contributed by atoms with Crippen LogP contribution in [0.15, 0.2) is 12.1 Å². The summed E-state index contributed by atoms with van der Waals surface area (Å²) in [5.74, 6) is -0.936. The van der Waals surface area contributed by atoms with Crippen LogP contribution >= 0.6 is 0 Å². The molecule has 0 amide bonds. The molecular weight excluding hydrogens is 208 g/mol. The van der Waals surface area contributed by atoms with Crippen LogP contribution in [0.1, 0.15) is 37.3 Å². The lowest BCUT2D eigenvalue weighted by molar-refractivity contribution is 0.172. The Kier molecular flexibility index (Phi) is 3.24. The van der Waals surface area contributed by atoms with Crippen LogP contribution in [0, 0.1) is 11.6 Å². The van der Waals surface area contributed by atoms with E-state index in [4.69, 9.17) is 0 Å². The SMILES string of the molecule is CC(C)c1c(F)cc(CN2CCC2)cc1F. The zero-order valence-corrected chi connectivity index (χ0v) is 9.76. The van der Waals surface area contributed by atoms with Gasteiger partial charge in [0.1, 0.15) is 11.6 Å². The van der Waals surface area contributed by atoms with Gasteiger partial charge in [0.2, 0.25) is 0 Å². The molecule has 0 N–H and O–H groups in total. The Bertz CT molecular complexity index is 361. The quantitative estimate of drug-likeness (QED) is 0.763. The van der Waals surface area contributed by atoms with Crippen LogP contribution in [0.2, 0.25) is 0 Å². The predicted octanol–water partition coefficient (Wildman–Crippen LogP) is 3.29. The molecule has 1 aliphatic heterocycles. The van der Waals surface area contributed by atoms with Crippen molar-refractivity contribution in [3.05, 3.63) is 34.9 Å². The van der Waals surface area contributed by atoms with E-state index in [1.54, 1.807) is 13.8 Å². The highest BCUT2D eigenvalue weighted by atomic mass is 19.1. The lowest BCUT2D eigenvalue weighted by Gasteiger charge is -2.30. The molecule has 0 radical (unpaired) electrons. The lowest BCUT2D eigenvalue weighted by Crippen LogP contribution is -2.36. The van der Waals surface area contributed by atoms with Gasteiger partial charge in [-0.25, -0.2) is 8.78 Å². The van der Waals surface area contributed by atoms with Crippen molar-refractivity contribution in [3.8, 4) is 0 Å². The third-order valence-electron chi connectivity index (χ3n) is 3.07. The smallest absolute Gasteiger partial charge is 0.129 e. The summed E-state index contributed by atoms with van der Waals surface area (Å²) in [4.78, 5) is 2.18. The van der Waals surface area contributed by atoms with E-state index in [0.29, 0.717) is 6.54 Å². The molecule has 1 fully saturated rings. The molecule has 1 aliphatic rings. The van der Waals surface area contributed by atoms with Gasteiger partial charge in [0.15, 0.2) is 0 Å². The summed E-state index contributed by atoms with van der Waals surface area (Å²) in [6.45, 7) is 6.34. The Balaban J connectivity index is 2.21. The minimum atomic E-state index is -0.412. The second kappa shape index (κ2) is 4.50. The summed E-state index contributed by atoms with van der Waals surface area (Å²) in [6, 6.07) is 2.94. The van der Waals surface area contributed by atoms with Crippen molar-refractivity contribution in [1.82, 2.24) is 4.90 Å². The topological polar surface area (TPSA) is 3.24 Å². The van der Waals surface area contributed by atoms with Crippen molar-refractivity contribution in [1.29, 1.82) is 0 Å². The van der Waals surface area contributed by atoms with Crippen LogP contribution < -0.4 is 0 Å². The van der Waals surface area contributed by atoms with Gasteiger partial charge in [-0.15, -0.1) is 0 Å². The van der Waals surface area contributed by atoms with Crippen molar-refractivity contribution in [2.24, 2.45) is 0 Å². The minimum Gasteiger partial charge on any atom is -0.299 e. The first kappa shape index (κ1) is 11.5. The summed E-state index contributed by atoms with van der Waals surface area (Å²) in [6.07, 6.45) is 1.19. The average Bonchev–Trinajstić information content (AvgIpc) is 2.09. The molecule has 1 nitrogen and oxygen atoms in total. The van der Waals surface area contributed by atoms with Crippen LogP contribution in [-0.2, 0) is 6.54 Å². The molecule has 1 heterocycles. The number of hydrogen-bond donors (Lipinski definition) is 0. The standard InChI is InChI=1S/C13H17F2N/c1-9(2)13-11(14)6-10(7-12(13)15)8-16-4-3-5-16/h6-7,9H,3-5,8H2,1-2H3. The number of likely N-dealkylation sites (tertiary alicyclic amines) is 1. The van der Waals surface area contributed by atoms with Gasteiger partial charge >= 0.3 is 0 Å². The molecule has 88 valence electrons. The Morgan fingerprint density at radius 2 is 1.75 bits per heavy atom. The summed E-state index contributed by atoms with van der Waals surface area (Å²) < 4.78 is 27.4. The Morgan fingerprint density at radius 3 is 2.12 bits per heavy atom. The van der Waals surface area contributed by atoms with Gasteiger partial charge < -0.3 is 0 Å². The summed E-state index contributed by atoms with van der Waals surface area (Å²) in [5, 5.41) is 0. The van der Waals surface area contributed by atoms with E-state index in [2.05, 4.69) is 4.90 Å². The molecule has 1 saturated heterocycles. The molecule has 2 rings (SSSR count). The summed E-state index contributed by atoms with van der Waals surface area (Å²) >= 11 is 0. The van der Waals surface area contributed by atoms with E-state index in [0.717, 1.165) is 18.7 Å². The van der Waals surface area contributed by atoms with E-state index in [1.807, 2.05) is 0 Å². The Hall–Kier alpha value is -0.960. The molecule has 0 aliphatic carbocycles. The molecule has 0 saturated carbocycles. The Morgan fingerprint density at radius 1 is 1.19 bits per heavy atom. The molecule has 0 unspecified atom stereocenters. The third-order valence-corrected chi connectivity index (χ3v) is 3.07. The van der Waals surface area contributed by atoms with Crippen LogP contribution in [0.25, 0.3) is 0 Å². The molecule has 16 heavy (non-hydrogen) atoms. The summed E-state index contributed by atoms with van der Waals surface area (Å²) in [7, 11) is 0. The molecule has 0 atom stereocenters. The van der Waals surface area contributed by atoms with Crippen LogP contribution in [-0.4, -0.2) is 18.0 Å². The van der Waals surface area contributed by atoms with Crippen molar-refractivity contribution < 1.29 is 8.78 Å². The van der Waals surface area contributed by atoms with Crippen molar-refractivity contribution in [3.63, 3.8) is 0 Å². The van der Waals surface area contributed by atoms with Crippen molar-refractivity contribution in [2.75, 3.05) is 13.1 Å². The maximum Gasteiger partial charge on any atom is 0.129 e. The van der Waals surface area contributed by atoms with E-state index in [-0.39, 0.29) is 11.5 Å². The highest BCUT2D eigenvalue weighted by Crippen LogP contribution is 2.24. The zero-order valence-electron chi connectivity index (χ0n) is 9.76. The second-order valence-corrected chi connectivity index (χ2v) is 4.76. The maximum atomic E-state index is 13.7. The number of hydrogen-bond acceptors (Lipinski definition) is 1. The van der Waals surface area contributed by atoms with E-state index < -0.39 is 11.6 Å².